The van der Waals surface area contributed by atoms with Crippen LogP contribution in [-0.4, -0.2) is 19.0 Å². The smallest absolute Gasteiger partial charge is 0.229 e. The number of hydrogen-bond donors (Lipinski definition) is 2. The molecule has 1 aliphatic rings. The number of amides is 1. The first-order valence-corrected chi connectivity index (χ1v) is 6.37. The van der Waals surface area contributed by atoms with Gasteiger partial charge in [0, 0.05) is 24.1 Å². The van der Waals surface area contributed by atoms with Gasteiger partial charge < -0.3 is 10.6 Å². The van der Waals surface area contributed by atoms with Gasteiger partial charge in [-0.1, -0.05) is 46.8 Å². The van der Waals surface area contributed by atoms with Crippen LogP contribution < -0.4 is 10.6 Å². The van der Waals surface area contributed by atoms with E-state index < -0.39 is 0 Å². The number of carbonyl (C=O) groups is 1. The van der Waals surface area contributed by atoms with Crippen molar-refractivity contribution in [3.8, 4) is 0 Å². The molecule has 1 heterocycles. The summed E-state index contributed by atoms with van der Waals surface area (Å²) in [5, 5.41) is 6.13. The Kier molecular flexibility index (Phi) is 3.97. The maximum Gasteiger partial charge on any atom is 0.229 e. The van der Waals surface area contributed by atoms with Gasteiger partial charge in [-0.15, -0.1) is 0 Å². The number of fused-ring (bicyclic) bond motifs is 1. The quantitative estimate of drug-likeness (QED) is 0.894. The molecule has 1 aliphatic heterocycles. The summed E-state index contributed by atoms with van der Waals surface area (Å²) < 4.78 is 0.780. The van der Waals surface area contributed by atoms with Gasteiger partial charge in [0.05, 0.1) is 5.92 Å². The van der Waals surface area contributed by atoms with Gasteiger partial charge in [-0.2, -0.15) is 0 Å². The Labute approximate surface area is 109 Å². The second-order valence-electron chi connectivity index (χ2n) is 4.12. The highest BCUT2D eigenvalue weighted by Gasteiger charge is 2.25. The zero-order chi connectivity index (χ0) is 12.3. The van der Waals surface area contributed by atoms with Crippen LogP contribution in [0.4, 0.5) is 0 Å². The zero-order valence-electron chi connectivity index (χ0n) is 9.50. The van der Waals surface area contributed by atoms with Crippen molar-refractivity contribution in [1.29, 1.82) is 0 Å². The molecule has 17 heavy (non-hydrogen) atoms. The SMILES string of the molecule is C=C(Br)CNC(=O)C1CNCc2ccccc21. The van der Waals surface area contributed by atoms with E-state index >= 15 is 0 Å². The first-order valence-electron chi connectivity index (χ1n) is 5.58. The van der Waals surface area contributed by atoms with E-state index in [1.54, 1.807) is 0 Å². The first-order chi connectivity index (χ1) is 8.18. The molecular formula is C13H15BrN2O. The van der Waals surface area contributed by atoms with Crippen LogP contribution >= 0.6 is 15.9 Å². The molecule has 0 aliphatic carbocycles. The highest BCUT2D eigenvalue weighted by molar-refractivity contribution is 9.11. The van der Waals surface area contributed by atoms with Crippen molar-refractivity contribution in [3.05, 3.63) is 46.5 Å². The van der Waals surface area contributed by atoms with Crippen molar-refractivity contribution < 1.29 is 4.79 Å². The molecule has 1 unspecified atom stereocenters. The van der Waals surface area contributed by atoms with Crippen LogP contribution in [0.2, 0.25) is 0 Å². The molecule has 0 saturated heterocycles. The molecule has 1 amide bonds. The monoisotopic (exact) mass is 294 g/mol. The minimum atomic E-state index is -0.105. The van der Waals surface area contributed by atoms with Crippen molar-refractivity contribution in [3.63, 3.8) is 0 Å². The van der Waals surface area contributed by atoms with Crippen molar-refractivity contribution in [2.45, 2.75) is 12.5 Å². The second kappa shape index (κ2) is 5.47. The molecule has 0 saturated carbocycles. The summed E-state index contributed by atoms with van der Waals surface area (Å²) >= 11 is 3.23. The van der Waals surface area contributed by atoms with Gasteiger partial charge in [0.2, 0.25) is 5.91 Å². The molecule has 1 atom stereocenters. The van der Waals surface area contributed by atoms with Crippen molar-refractivity contribution in [2.75, 3.05) is 13.1 Å². The standard InChI is InChI=1S/C13H15BrN2O/c1-9(14)6-16-13(17)12-8-15-7-10-4-2-3-5-11(10)12/h2-5,12,15H,1,6-8H2,(H,16,17). The average Bonchev–Trinajstić information content (AvgIpc) is 2.35. The summed E-state index contributed by atoms with van der Waals surface area (Å²) in [5.41, 5.74) is 2.33. The minimum absolute atomic E-state index is 0.0465. The van der Waals surface area contributed by atoms with Crippen LogP contribution in [0.25, 0.3) is 0 Å². The van der Waals surface area contributed by atoms with Crippen LogP contribution in [0.5, 0.6) is 0 Å². The van der Waals surface area contributed by atoms with Gasteiger partial charge in [0.15, 0.2) is 0 Å². The highest BCUT2D eigenvalue weighted by Crippen LogP contribution is 2.23. The lowest BCUT2D eigenvalue weighted by molar-refractivity contribution is -0.122. The van der Waals surface area contributed by atoms with Crippen molar-refractivity contribution >= 4 is 21.8 Å². The summed E-state index contributed by atoms with van der Waals surface area (Å²) in [6, 6.07) is 8.07. The Balaban J connectivity index is 2.12. The Hall–Kier alpha value is -1.13. The number of halogens is 1. The number of rotatable bonds is 3. The number of benzene rings is 1. The maximum atomic E-state index is 12.1. The molecule has 2 rings (SSSR count). The number of nitrogens with one attached hydrogen (secondary N) is 2. The Bertz CT molecular complexity index is 445. The van der Waals surface area contributed by atoms with E-state index in [2.05, 4.69) is 39.2 Å². The average molecular weight is 295 g/mol. The van der Waals surface area contributed by atoms with E-state index in [9.17, 15) is 4.79 Å². The molecule has 1 aromatic rings. The molecule has 0 radical (unpaired) electrons. The summed E-state index contributed by atoms with van der Waals surface area (Å²) in [7, 11) is 0. The summed E-state index contributed by atoms with van der Waals surface area (Å²) in [4.78, 5) is 12.1. The lowest BCUT2D eigenvalue weighted by atomic mass is 9.90. The zero-order valence-corrected chi connectivity index (χ0v) is 11.1. The molecule has 3 nitrogen and oxygen atoms in total. The van der Waals surface area contributed by atoms with Gasteiger partial charge >= 0.3 is 0 Å². The van der Waals surface area contributed by atoms with E-state index in [0.717, 1.165) is 16.6 Å². The topological polar surface area (TPSA) is 41.1 Å². The van der Waals surface area contributed by atoms with E-state index in [4.69, 9.17) is 0 Å². The minimum Gasteiger partial charge on any atom is -0.351 e. The largest absolute Gasteiger partial charge is 0.351 e. The maximum absolute atomic E-state index is 12.1. The van der Waals surface area contributed by atoms with E-state index in [1.807, 2.05) is 18.2 Å². The molecular weight excluding hydrogens is 280 g/mol. The molecule has 0 fully saturated rings. The third kappa shape index (κ3) is 2.96. The normalized spacial score (nSPS) is 18.3. The van der Waals surface area contributed by atoms with Gasteiger partial charge in [0.25, 0.3) is 0 Å². The lowest BCUT2D eigenvalue weighted by Gasteiger charge is -2.25. The predicted octanol–water partition coefficient (Wildman–Crippen LogP) is 1.90. The first kappa shape index (κ1) is 12.3. The van der Waals surface area contributed by atoms with Crippen LogP contribution in [0.15, 0.2) is 35.3 Å². The van der Waals surface area contributed by atoms with Crippen LogP contribution in [-0.2, 0) is 11.3 Å². The van der Waals surface area contributed by atoms with E-state index in [1.165, 1.54) is 5.56 Å². The Morgan fingerprint density at radius 2 is 2.29 bits per heavy atom. The van der Waals surface area contributed by atoms with Gasteiger partial charge in [-0.3, -0.25) is 4.79 Å². The molecule has 0 bridgehead atoms. The van der Waals surface area contributed by atoms with Crippen LogP contribution in [0.3, 0.4) is 0 Å². The fourth-order valence-corrected chi connectivity index (χ4v) is 2.18. The summed E-state index contributed by atoms with van der Waals surface area (Å²) in [6.07, 6.45) is 0. The third-order valence-corrected chi connectivity index (χ3v) is 3.15. The Morgan fingerprint density at radius 1 is 1.53 bits per heavy atom. The highest BCUT2D eigenvalue weighted by atomic mass is 79.9. The summed E-state index contributed by atoms with van der Waals surface area (Å²) in [5.74, 6) is -0.0583. The van der Waals surface area contributed by atoms with Crippen molar-refractivity contribution in [1.82, 2.24) is 10.6 Å². The van der Waals surface area contributed by atoms with E-state index in [-0.39, 0.29) is 11.8 Å². The molecule has 90 valence electrons. The van der Waals surface area contributed by atoms with E-state index in [0.29, 0.717) is 13.1 Å². The molecule has 0 spiro atoms. The van der Waals surface area contributed by atoms with Gasteiger partial charge in [0.1, 0.15) is 0 Å². The second-order valence-corrected chi connectivity index (χ2v) is 5.24. The summed E-state index contributed by atoms with van der Waals surface area (Å²) in [6.45, 7) is 5.70. The lowest BCUT2D eigenvalue weighted by Crippen LogP contribution is -2.39. The number of hydrogen-bond acceptors (Lipinski definition) is 2. The Morgan fingerprint density at radius 3 is 3.06 bits per heavy atom. The number of carbonyl (C=O) groups excluding carboxylic acids is 1. The molecule has 2 N–H and O–H groups in total. The fraction of sp³-hybridized carbons (Fsp3) is 0.308. The fourth-order valence-electron chi connectivity index (χ4n) is 2.04. The van der Waals surface area contributed by atoms with Gasteiger partial charge in [-0.25, -0.2) is 0 Å². The predicted molar refractivity (Wildman–Crippen MR) is 72.0 cm³/mol. The van der Waals surface area contributed by atoms with Crippen LogP contribution in [0, 0.1) is 0 Å². The molecule has 4 heteroatoms. The third-order valence-electron chi connectivity index (χ3n) is 2.87. The van der Waals surface area contributed by atoms with Crippen LogP contribution in [0.1, 0.15) is 17.0 Å². The molecule has 0 aromatic heterocycles. The van der Waals surface area contributed by atoms with Crippen molar-refractivity contribution in [2.24, 2.45) is 0 Å². The van der Waals surface area contributed by atoms with Gasteiger partial charge in [-0.05, 0) is 11.1 Å². The molecule has 1 aromatic carbocycles.